The van der Waals surface area contributed by atoms with E-state index in [9.17, 15) is 4.79 Å². The zero-order chi connectivity index (χ0) is 11.5. The molecule has 4 nitrogen and oxygen atoms in total. The van der Waals surface area contributed by atoms with Crippen LogP contribution in [0, 0.1) is 5.41 Å². The molecule has 4 N–H and O–H groups in total. The molecule has 0 radical (unpaired) electrons. The van der Waals surface area contributed by atoms with Gasteiger partial charge in [0.2, 0.25) is 5.91 Å². The molecule has 0 saturated heterocycles. The van der Waals surface area contributed by atoms with Crippen molar-refractivity contribution in [1.29, 1.82) is 0 Å². The summed E-state index contributed by atoms with van der Waals surface area (Å²) in [6.45, 7) is 4.07. The zero-order valence-corrected chi connectivity index (χ0v) is 9.98. The maximum atomic E-state index is 10.8. The first-order chi connectivity index (χ1) is 6.97. The summed E-state index contributed by atoms with van der Waals surface area (Å²) in [6, 6.07) is 0. The minimum absolute atomic E-state index is 0.233. The van der Waals surface area contributed by atoms with E-state index in [0.717, 1.165) is 32.4 Å². The predicted octanol–water partition coefficient (Wildman–Crippen LogP) is 0.250. The Morgan fingerprint density at radius 3 is 2.40 bits per heavy atom. The lowest BCUT2D eigenvalue weighted by molar-refractivity contribution is -0.119. The molecule has 1 aliphatic carbocycles. The molecular weight excluding hydrogens is 210 g/mol. The number of nitrogens with two attached hydrogens (primary N) is 2. The molecule has 0 unspecified atom stereocenters. The molecule has 15 heavy (non-hydrogen) atoms. The maximum Gasteiger partial charge on any atom is 0.231 e. The second kappa shape index (κ2) is 4.90. The highest BCUT2D eigenvalue weighted by molar-refractivity contribution is 7.80. The van der Waals surface area contributed by atoms with Gasteiger partial charge in [-0.3, -0.25) is 9.69 Å². The number of primary amides is 1. The number of likely N-dealkylation sites (N-methyl/N-ethyl adjacent to an activating group) is 1. The first kappa shape index (κ1) is 12.4. The van der Waals surface area contributed by atoms with Crippen molar-refractivity contribution in [2.45, 2.75) is 26.2 Å². The molecule has 0 bridgehead atoms. The summed E-state index contributed by atoms with van der Waals surface area (Å²) in [4.78, 5) is 13.5. The Kier molecular flexibility index (Phi) is 4.04. The van der Waals surface area contributed by atoms with Crippen LogP contribution in [0.4, 0.5) is 0 Å². The molecule has 1 rings (SSSR count). The molecule has 0 aromatic rings. The van der Waals surface area contributed by atoms with E-state index in [0.29, 0.717) is 11.5 Å². The van der Waals surface area contributed by atoms with E-state index >= 15 is 0 Å². The fraction of sp³-hybridized carbons (Fsp3) is 0.800. The van der Waals surface area contributed by atoms with Gasteiger partial charge in [-0.1, -0.05) is 19.1 Å². The Morgan fingerprint density at radius 2 is 2.07 bits per heavy atom. The number of amides is 1. The second-order valence-corrected chi connectivity index (χ2v) is 4.94. The van der Waals surface area contributed by atoms with Crippen molar-refractivity contribution in [1.82, 2.24) is 4.90 Å². The topological polar surface area (TPSA) is 72.3 Å². The highest BCUT2D eigenvalue weighted by Gasteiger charge is 2.43. The maximum absolute atomic E-state index is 10.8. The SMILES string of the molecule is CCN(CC(N)=O)CC1(CC(N)=S)CC1. The lowest BCUT2D eigenvalue weighted by Gasteiger charge is -2.24. The van der Waals surface area contributed by atoms with E-state index in [2.05, 4.69) is 4.90 Å². The average Bonchev–Trinajstić information content (AvgIpc) is 2.81. The van der Waals surface area contributed by atoms with Gasteiger partial charge in [0.25, 0.3) is 0 Å². The minimum atomic E-state index is -0.275. The quantitative estimate of drug-likeness (QED) is 0.614. The molecular formula is C10H19N3OS. The predicted molar refractivity (Wildman–Crippen MR) is 64.4 cm³/mol. The van der Waals surface area contributed by atoms with Crippen LogP contribution in [-0.2, 0) is 4.79 Å². The molecule has 1 amide bonds. The summed E-state index contributed by atoms with van der Waals surface area (Å²) in [6.07, 6.45) is 3.09. The van der Waals surface area contributed by atoms with Gasteiger partial charge in [0.05, 0.1) is 11.5 Å². The molecule has 1 fully saturated rings. The monoisotopic (exact) mass is 229 g/mol. The minimum Gasteiger partial charge on any atom is -0.393 e. The van der Waals surface area contributed by atoms with Gasteiger partial charge in [0.1, 0.15) is 0 Å². The Balaban J connectivity index is 2.44. The summed E-state index contributed by atoms with van der Waals surface area (Å²) >= 11 is 4.93. The zero-order valence-electron chi connectivity index (χ0n) is 9.16. The van der Waals surface area contributed by atoms with Crippen molar-refractivity contribution >= 4 is 23.1 Å². The molecule has 0 heterocycles. The Hall–Kier alpha value is -0.680. The smallest absolute Gasteiger partial charge is 0.231 e. The number of hydrogen-bond acceptors (Lipinski definition) is 3. The molecule has 0 spiro atoms. The van der Waals surface area contributed by atoms with Crippen LogP contribution in [0.3, 0.4) is 0 Å². The van der Waals surface area contributed by atoms with E-state index in [-0.39, 0.29) is 11.3 Å². The number of carbonyl (C=O) groups excluding carboxylic acids is 1. The van der Waals surface area contributed by atoms with Crippen molar-refractivity contribution in [3.63, 3.8) is 0 Å². The van der Waals surface area contributed by atoms with E-state index in [1.165, 1.54) is 0 Å². The van der Waals surface area contributed by atoms with E-state index in [4.69, 9.17) is 23.7 Å². The van der Waals surface area contributed by atoms with Crippen molar-refractivity contribution in [2.24, 2.45) is 16.9 Å². The van der Waals surface area contributed by atoms with Crippen LogP contribution in [0.5, 0.6) is 0 Å². The number of carbonyl (C=O) groups is 1. The standard InChI is InChI=1S/C10H19N3OS/c1-2-13(6-8(11)14)7-10(3-4-10)5-9(12)15/h2-7H2,1H3,(H2,11,14)(H2,12,15). The van der Waals surface area contributed by atoms with Crippen molar-refractivity contribution in [3.8, 4) is 0 Å². The highest BCUT2D eigenvalue weighted by Crippen LogP contribution is 2.49. The Labute approximate surface area is 96.0 Å². The van der Waals surface area contributed by atoms with E-state index < -0.39 is 0 Å². The van der Waals surface area contributed by atoms with E-state index in [1.54, 1.807) is 0 Å². The number of hydrogen-bond donors (Lipinski definition) is 2. The first-order valence-corrected chi connectivity index (χ1v) is 5.67. The summed E-state index contributed by atoms with van der Waals surface area (Å²) < 4.78 is 0. The van der Waals surface area contributed by atoms with Crippen LogP contribution in [-0.4, -0.2) is 35.4 Å². The third-order valence-corrected chi connectivity index (χ3v) is 3.04. The Bertz CT molecular complexity index is 263. The van der Waals surface area contributed by atoms with E-state index in [1.807, 2.05) is 6.92 Å². The Morgan fingerprint density at radius 1 is 1.47 bits per heavy atom. The van der Waals surface area contributed by atoms with Crippen LogP contribution in [0.2, 0.25) is 0 Å². The van der Waals surface area contributed by atoms with Crippen LogP contribution in [0.25, 0.3) is 0 Å². The lowest BCUT2D eigenvalue weighted by atomic mass is 10.0. The first-order valence-electron chi connectivity index (χ1n) is 5.26. The summed E-state index contributed by atoms with van der Waals surface area (Å²) in [5, 5.41) is 0. The normalized spacial score (nSPS) is 17.7. The van der Waals surface area contributed by atoms with Crippen molar-refractivity contribution in [2.75, 3.05) is 19.6 Å². The van der Waals surface area contributed by atoms with Gasteiger partial charge in [-0.05, 0) is 24.8 Å². The number of thiocarbonyl (C=S) groups is 1. The third-order valence-electron chi connectivity index (χ3n) is 2.89. The highest BCUT2D eigenvalue weighted by atomic mass is 32.1. The molecule has 0 aliphatic heterocycles. The van der Waals surface area contributed by atoms with Gasteiger partial charge in [-0.15, -0.1) is 0 Å². The molecule has 86 valence electrons. The number of nitrogens with zero attached hydrogens (tertiary/aromatic N) is 1. The lowest BCUT2D eigenvalue weighted by Crippen LogP contribution is -2.38. The van der Waals surface area contributed by atoms with Gasteiger partial charge >= 0.3 is 0 Å². The van der Waals surface area contributed by atoms with Gasteiger partial charge in [-0.25, -0.2) is 0 Å². The van der Waals surface area contributed by atoms with Crippen LogP contribution < -0.4 is 11.5 Å². The fourth-order valence-corrected chi connectivity index (χ4v) is 2.22. The van der Waals surface area contributed by atoms with Crippen LogP contribution in [0.15, 0.2) is 0 Å². The fourth-order valence-electron chi connectivity index (χ4n) is 1.91. The van der Waals surface area contributed by atoms with Crippen LogP contribution >= 0.6 is 12.2 Å². The molecule has 1 aliphatic rings. The van der Waals surface area contributed by atoms with Gasteiger partial charge in [-0.2, -0.15) is 0 Å². The van der Waals surface area contributed by atoms with Crippen LogP contribution in [0.1, 0.15) is 26.2 Å². The summed E-state index contributed by atoms with van der Waals surface area (Å²) in [5.74, 6) is -0.275. The number of rotatable bonds is 7. The van der Waals surface area contributed by atoms with Gasteiger partial charge < -0.3 is 11.5 Å². The molecule has 0 aromatic carbocycles. The van der Waals surface area contributed by atoms with Crippen molar-refractivity contribution in [3.05, 3.63) is 0 Å². The summed E-state index contributed by atoms with van der Waals surface area (Å²) in [5.41, 5.74) is 11.0. The third kappa shape index (κ3) is 4.13. The van der Waals surface area contributed by atoms with Gasteiger partial charge in [0, 0.05) is 13.0 Å². The summed E-state index contributed by atoms with van der Waals surface area (Å²) in [7, 11) is 0. The van der Waals surface area contributed by atoms with Crippen molar-refractivity contribution < 1.29 is 4.79 Å². The second-order valence-electron chi connectivity index (χ2n) is 4.41. The average molecular weight is 229 g/mol. The molecule has 0 aromatic heterocycles. The molecule has 0 atom stereocenters. The largest absolute Gasteiger partial charge is 0.393 e. The molecule has 5 heteroatoms. The molecule has 1 saturated carbocycles. The van der Waals surface area contributed by atoms with Gasteiger partial charge in [0.15, 0.2) is 0 Å².